The van der Waals surface area contributed by atoms with Crippen LogP contribution in [0.3, 0.4) is 0 Å². The van der Waals surface area contributed by atoms with Crippen molar-refractivity contribution in [1.82, 2.24) is 5.32 Å². The van der Waals surface area contributed by atoms with Gasteiger partial charge in [0, 0.05) is 5.02 Å². The Bertz CT molecular complexity index is 899. The third-order valence-corrected chi connectivity index (χ3v) is 4.84. The van der Waals surface area contributed by atoms with Gasteiger partial charge in [0.05, 0.1) is 6.61 Å². The summed E-state index contributed by atoms with van der Waals surface area (Å²) >= 11 is 6.12. The van der Waals surface area contributed by atoms with Crippen LogP contribution < -0.4 is 14.8 Å². The second-order valence-electron chi connectivity index (χ2n) is 6.84. The Morgan fingerprint density at radius 1 is 1.07 bits per heavy atom. The topological polar surface area (TPSA) is 84.9 Å². The van der Waals surface area contributed by atoms with Crippen molar-refractivity contribution < 1.29 is 24.2 Å². The number of amides is 1. The third-order valence-electron chi connectivity index (χ3n) is 4.24. The van der Waals surface area contributed by atoms with Crippen LogP contribution in [0.15, 0.2) is 42.1 Å². The monoisotopic (exact) mass is 431 g/mol. The molecule has 2 aromatic carbocycles. The fourth-order valence-electron chi connectivity index (χ4n) is 2.64. The smallest absolute Gasteiger partial charge is 0.352 e. The summed E-state index contributed by atoms with van der Waals surface area (Å²) in [7, 11) is 0. The molecule has 0 aliphatic carbocycles. The number of hydrogen-bond donors (Lipinski definition) is 2. The number of hydrogen-bond acceptors (Lipinski definition) is 4. The molecule has 0 atom stereocenters. The molecular weight excluding hydrogens is 406 g/mol. The van der Waals surface area contributed by atoms with E-state index in [9.17, 15) is 14.7 Å². The molecule has 0 heterocycles. The number of benzene rings is 2. The van der Waals surface area contributed by atoms with Crippen molar-refractivity contribution >= 4 is 29.6 Å². The molecular formula is C23H26ClNO5. The van der Waals surface area contributed by atoms with Crippen LogP contribution in [0.2, 0.25) is 5.02 Å². The molecule has 0 radical (unpaired) electrons. The molecule has 2 aromatic rings. The number of unbranched alkanes of at least 4 members (excludes halogenated alkanes) is 1. The summed E-state index contributed by atoms with van der Waals surface area (Å²) in [4.78, 5) is 23.7. The maximum absolute atomic E-state index is 12.2. The van der Waals surface area contributed by atoms with E-state index < -0.39 is 11.9 Å². The summed E-state index contributed by atoms with van der Waals surface area (Å²) in [6, 6.07) is 10.4. The van der Waals surface area contributed by atoms with Crippen LogP contribution in [0.5, 0.6) is 11.5 Å². The molecule has 2 N–H and O–H groups in total. The van der Waals surface area contributed by atoms with E-state index in [0.717, 1.165) is 24.0 Å². The lowest BCUT2D eigenvalue weighted by Gasteiger charge is -2.11. The van der Waals surface area contributed by atoms with Gasteiger partial charge in [-0.1, -0.05) is 37.1 Å². The van der Waals surface area contributed by atoms with Gasteiger partial charge in [-0.05, 0) is 67.3 Å². The molecule has 6 nitrogen and oxygen atoms in total. The second-order valence-corrected chi connectivity index (χ2v) is 7.22. The Balaban J connectivity index is 1.99. The van der Waals surface area contributed by atoms with Crippen molar-refractivity contribution in [3.05, 3.63) is 63.8 Å². The highest BCUT2D eigenvalue weighted by atomic mass is 35.5. The SMILES string of the molecule is CCCCOc1ccc(/C=C(/NC(=O)COc2cc(C)c(Cl)c(C)c2)C(=O)O)cc1. The zero-order chi connectivity index (χ0) is 22.1. The Kier molecular flexibility index (Phi) is 8.74. The maximum atomic E-state index is 12.2. The summed E-state index contributed by atoms with van der Waals surface area (Å²) in [5.74, 6) is -0.620. The predicted molar refractivity (Wildman–Crippen MR) is 117 cm³/mol. The van der Waals surface area contributed by atoms with Gasteiger partial charge in [0.25, 0.3) is 5.91 Å². The van der Waals surface area contributed by atoms with E-state index in [1.807, 2.05) is 13.8 Å². The van der Waals surface area contributed by atoms with E-state index in [1.165, 1.54) is 6.08 Å². The fraction of sp³-hybridized carbons (Fsp3) is 0.304. The molecule has 0 unspecified atom stereocenters. The number of aliphatic carboxylic acids is 1. The van der Waals surface area contributed by atoms with E-state index in [-0.39, 0.29) is 12.3 Å². The van der Waals surface area contributed by atoms with E-state index in [4.69, 9.17) is 21.1 Å². The van der Waals surface area contributed by atoms with Crippen LogP contribution in [-0.2, 0) is 9.59 Å². The molecule has 30 heavy (non-hydrogen) atoms. The van der Waals surface area contributed by atoms with Crippen LogP contribution in [-0.4, -0.2) is 30.2 Å². The molecule has 0 bridgehead atoms. The maximum Gasteiger partial charge on any atom is 0.352 e. The highest BCUT2D eigenvalue weighted by molar-refractivity contribution is 6.32. The average molecular weight is 432 g/mol. The van der Waals surface area contributed by atoms with E-state index in [1.54, 1.807) is 36.4 Å². The number of carboxylic acid groups (broad SMARTS) is 1. The second kappa shape index (κ2) is 11.3. The lowest BCUT2D eigenvalue weighted by atomic mass is 10.1. The minimum absolute atomic E-state index is 0.244. The summed E-state index contributed by atoms with van der Waals surface area (Å²) in [5, 5.41) is 12.4. The largest absolute Gasteiger partial charge is 0.494 e. The van der Waals surface area contributed by atoms with Crippen LogP contribution in [0.1, 0.15) is 36.5 Å². The van der Waals surface area contributed by atoms with Crippen molar-refractivity contribution in [2.45, 2.75) is 33.6 Å². The minimum Gasteiger partial charge on any atom is -0.494 e. The lowest BCUT2D eigenvalue weighted by Crippen LogP contribution is -2.31. The molecule has 160 valence electrons. The molecule has 0 fully saturated rings. The highest BCUT2D eigenvalue weighted by Crippen LogP contribution is 2.25. The molecule has 0 aliphatic heterocycles. The van der Waals surface area contributed by atoms with Gasteiger partial charge in [-0.2, -0.15) is 0 Å². The molecule has 0 aromatic heterocycles. The van der Waals surface area contributed by atoms with E-state index in [2.05, 4.69) is 12.2 Å². The van der Waals surface area contributed by atoms with Gasteiger partial charge in [0.2, 0.25) is 0 Å². The molecule has 0 saturated carbocycles. The number of carbonyl (C=O) groups is 2. The van der Waals surface area contributed by atoms with Crippen molar-refractivity contribution in [3.63, 3.8) is 0 Å². The summed E-state index contributed by atoms with van der Waals surface area (Å²) in [5.41, 5.74) is 2.05. The zero-order valence-corrected chi connectivity index (χ0v) is 18.1. The van der Waals surface area contributed by atoms with E-state index >= 15 is 0 Å². The van der Waals surface area contributed by atoms with Crippen LogP contribution in [0, 0.1) is 13.8 Å². The first-order valence-electron chi connectivity index (χ1n) is 9.67. The van der Waals surface area contributed by atoms with Gasteiger partial charge >= 0.3 is 5.97 Å². The first kappa shape index (κ1) is 23.3. The van der Waals surface area contributed by atoms with Gasteiger partial charge in [0.1, 0.15) is 17.2 Å². The molecule has 0 spiro atoms. The summed E-state index contributed by atoms with van der Waals surface area (Å²) in [6.45, 7) is 6.08. The normalized spacial score (nSPS) is 11.1. The van der Waals surface area contributed by atoms with Crippen molar-refractivity contribution in [1.29, 1.82) is 0 Å². The number of aryl methyl sites for hydroxylation is 2. The summed E-state index contributed by atoms with van der Waals surface area (Å²) < 4.78 is 11.1. The number of ether oxygens (including phenoxy) is 2. The molecule has 7 heteroatoms. The molecule has 2 rings (SSSR count). The Morgan fingerprint density at radius 2 is 1.70 bits per heavy atom. The van der Waals surface area contributed by atoms with Crippen molar-refractivity contribution in [3.8, 4) is 11.5 Å². The number of carboxylic acids is 1. The number of halogens is 1. The first-order valence-corrected chi connectivity index (χ1v) is 10.0. The van der Waals surface area contributed by atoms with Gasteiger partial charge < -0.3 is 19.9 Å². The van der Waals surface area contributed by atoms with Gasteiger partial charge in [-0.3, -0.25) is 4.79 Å². The van der Waals surface area contributed by atoms with Crippen LogP contribution >= 0.6 is 11.6 Å². The van der Waals surface area contributed by atoms with Gasteiger partial charge in [-0.25, -0.2) is 4.79 Å². The average Bonchev–Trinajstić information content (AvgIpc) is 2.71. The Morgan fingerprint density at radius 3 is 2.27 bits per heavy atom. The number of rotatable bonds is 10. The standard InChI is InChI=1S/C23H26ClNO5/c1-4-5-10-29-18-8-6-17(7-9-18)13-20(23(27)28)25-21(26)14-30-19-11-15(2)22(24)16(3)12-19/h6-9,11-13H,4-5,10,14H2,1-3H3,(H,25,26)(H,27,28)/b20-13+. The fourth-order valence-corrected chi connectivity index (χ4v) is 2.75. The van der Waals surface area contributed by atoms with E-state index in [0.29, 0.717) is 28.7 Å². The summed E-state index contributed by atoms with van der Waals surface area (Å²) in [6.07, 6.45) is 3.39. The predicted octanol–water partition coefficient (Wildman–Crippen LogP) is 4.76. The number of nitrogens with one attached hydrogen (secondary N) is 1. The van der Waals surface area contributed by atoms with Crippen molar-refractivity contribution in [2.24, 2.45) is 0 Å². The quantitative estimate of drug-likeness (QED) is 0.418. The lowest BCUT2D eigenvalue weighted by molar-refractivity contribution is -0.134. The molecule has 1 amide bonds. The third kappa shape index (κ3) is 7.12. The first-order chi connectivity index (χ1) is 14.3. The van der Waals surface area contributed by atoms with Crippen LogP contribution in [0.4, 0.5) is 0 Å². The zero-order valence-electron chi connectivity index (χ0n) is 17.3. The van der Waals surface area contributed by atoms with Crippen molar-refractivity contribution in [2.75, 3.05) is 13.2 Å². The Labute approximate surface area is 181 Å². The minimum atomic E-state index is -1.25. The molecule has 0 saturated heterocycles. The Hall–Kier alpha value is -2.99. The van der Waals surface area contributed by atoms with Gasteiger partial charge in [-0.15, -0.1) is 0 Å². The number of carbonyl (C=O) groups excluding carboxylic acids is 1. The van der Waals surface area contributed by atoms with Gasteiger partial charge in [0.15, 0.2) is 6.61 Å². The highest BCUT2D eigenvalue weighted by Gasteiger charge is 2.13. The molecule has 0 aliphatic rings. The van der Waals surface area contributed by atoms with Crippen LogP contribution in [0.25, 0.3) is 6.08 Å².